The zero-order valence-corrected chi connectivity index (χ0v) is 8.62. The highest BCUT2D eigenvalue weighted by molar-refractivity contribution is 6.29. The third-order valence-electron chi connectivity index (χ3n) is 2.93. The molecule has 2 aromatic rings. The Hall–Kier alpha value is -2.22. The van der Waals surface area contributed by atoms with Crippen molar-refractivity contribution in [3.63, 3.8) is 0 Å². The van der Waals surface area contributed by atoms with Crippen molar-refractivity contribution in [2.75, 3.05) is 0 Å². The van der Waals surface area contributed by atoms with Gasteiger partial charge in [0.15, 0.2) is 0 Å². The number of fused-ring (bicyclic) bond motifs is 2. The summed E-state index contributed by atoms with van der Waals surface area (Å²) in [6, 6.07) is 15.3. The minimum Gasteiger partial charge on any atom is -0.300 e. The average Bonchev–Trinajstić information content (AvgIpc) is 2.36. The van der Waals surface area contributed by atoms with Gasteiger partial charge in [0, 0.05) is 22.3 Å². The van der Waals surface area contributed by atoms with E-state index in [2.05, 4.69) is 0 Å². The number of hydrogen-bond acceptors (Lipinski definition) is 2. The van der Waals surface area contributed by atoms with E-state index in [9.17, 15) is 0 Å². The van der Waals surface area contributed by atoms with Crippen molar-refractivity contribution in [3.05, 3.63) is 70.8 Å². The molecular weight excluding hydrogens is 196 g/mol. The molecule has 1 aliphatic rings. The van der Waals surface area contributed by atoms with E-state index in [1.165, 1.54) is 0 Å². The van der Waals surface area contributed by atoms with Crippen molar-refractivity contribution in [1.29, 1.82) is 10.8 Å². The van der Waals surface area contributed by atoms with Crippen LogP contribution in [-0.2, 0) is 0 Å². The minimum absolute atomic E-state index is 0.516. The smallest absolute Gasteiger partial charge is 0.0698 e. The van der Waals surface area contributed by atoms with Crippen LogP contribution in [0, 0.1) is 10.8 Å². The Labute approximate surface area is 93.6 Å². The molecule has 2 N–H and O–H groups in total. The Kier molecular flexibility index (Phi) is 1.77. The molecule has 2 aromatic carbocycles. The lowest BCUT2D eigenvalue weighted by Crippen LogP contribution is -2.20. The lowest BCUT2D eigenvalue weighted by molar-refractivity contribution is 1.37. The van der Waals surface area contributed by atoms with Crippen LogP contribution in [0.4, 0.5) is 0 Å². The average molecular weight is 206 g/mol. The summed E-state index contributed by atoms with van der Waals surface area (Å²) in [5, 5.41) is 16.3. The van der Waals surface area contributed by atoms with E-state index >= 15 is 0 Å². The van der Waals surface area contributed by atoms with Gasteiger partial charge in [-0.15, -0.1) is 0 Å². The second-order valence-corrected chi connectivity index (χ2v) is 3.84. The fraction of sp³-hybridized carbons (Fsp3) is 0. The Morgan fingerprint density at radius 3 is 1.00 bits per heavy atom. The Morgan fingerprint density at radius 1 is 0.500 bits per heavy atom. The van der Waals surface area contributed by atoms with E-state index in [4.69, 9.17) is 10.8 Å². The highest BCUT2D eigenvalue weighted by atomic mass is 14.5. The largest absolute Gasteiger partial charge is 0.300 e. The molecule has 0 heterocycles. The van der Waals surface area contributed by atoms with Crippen LogP contribution in [0.3, 0.4) is 0 Å². The van der Waals surface area contributed by atoms with Crippen LogP contribution in [0.25, 0.3) is 0 Å². The van der Waals surface area contributed by atoms with Gasteiger partial charge in [-0.2, -0.15) is 0 Å². The molecule has 0 aromatic heterocycles. The summed E-state index contributed by atoms with van der Waals surface area (Å²) < 4.78 is 0. The monoisotopic (exact) mass is 206 g/mol. The fourth-order valence-corrected chi connectivity index (χ4v) is 2.13. The van der Waals surface area contributed by atoms with E-state index in [0.29, 0.717) is 11.4 Å². The predicted octanol–water partition coefficient (Wildman–Crippen LogP) is 2.83. The molecule has 0 amide bonds. The zero-order chi connectivity index (χ0) is 11.1. The molecule has 0 bridgehead atoms. The van der Waals surface area contributed by atoms with Gasteiger partial charge in [-0.3, -0.25) is 10.8 Å². The molecule has 16 heavy (non-hydrogen) atoms. The maximum absolute atomic E-state index is 8.15. The van der Waals surface area contributed by atoms with Gasteiger partial charge in [0.25, 0.3) is 0 Å². The lowest BCUT2D eigenvalue weighted by atomic mass is 9.83. The summed E-state index contributed by atoms with van der Waals surface area (Å²) >= 11 is 0. The minimum atomic E-state index is 0.516. The highest BCUT2D eigenvalue weighted by Gasteiger charge is 2.23. The summed E-state index contributed by atoms with van der Waals surface area (Å²) in [6.07, 6.45) is 0. The third-order valence-corrected chi connectivity index (χ3v) is 2.93. The van der Waals surface area contributed by atoms with Gasteiger partial charge in [0.2, 0.25) is 0 Å². The number of rotatable bonds is 0. The third kappa shape index (κ3) is 1.07. The summed E-state index contributed by atoms with van der Waals surface area (Å²) in [4.78, 5) is 0. The Morgan fingerprint density at radius 2 is 0.750 bits per heavy atom. The normalized spacial score (nSPS) is 13.2. The van der Waals surface area contributed by atoms with E-state index in [-0.39, 0.29) is 0 Å². The molecule has 0 aliphatic heterocycles. The molecule has 0 fully saturated rings. The second-order valence-electron chi connectivity index (χ2n) is 3.84. The van der Waals surface area contributed by atoms with E-state index in [1.807, 2.05) is 48.5 Å². The first-order valence-electron chi connectivity index (χ1n) is 5.15. The van der Waals surface area contributed by atoms with Crippen LogP contribution in [-0.4, -0.2) is 11.4 Å². The van der Waals surface area contributed by atoms with E-state index < -0.39 is 0 Å². The predicted molar refractivity (Wildman–Crippen MR) is 64.7 cm³/mol. The van der Waals surface area contributed by atoms with Crippen LogP contribution in [0.1, 0.15) is 22.3 Å². The second kappa shape index (κ2) is 3.14. The molecule has 1 aliphatic carbocycles. The Balaban J connectivity index is 2.35. The van der Waals surface area contributed by atoms with Crippen LogP contribution >= 0.6 is 0 Å². The van der Waals surface area contributed by atoms with E-state index in [0.717, 1.165) is 22.3 Å². The molecule has 0 atom stereocenters. The number of hydrogen-bond donors (Lipinski definition) is 2. The molecule has 0 saturated heterocycles. The summed E-state index contributed by atoms with van der Waals surface area (Å²) in [5.41, 5.74) is 4.44. The van der Waals surface area contributed by atoms with Gasteiger partial charge in [-0.25, -0.2) is 0 Å². The van der Waals surface area contributed by atoms with Gasteiger partial charge in [0.1, 0.15) is 0 Å². The van der Waals surface area contributed by atoms with Crippen LogP contribution in [0.2, 0.25) is 0 Å². The molecule has 0 radical (unpaired) electrons. The summed E-state index contributed by atoms with van der Waals surface area (Å²) in [7, 11) is 0. The van der Waals surface area contributed by atoms with Gasteiger partial charge in [0.05, 0.1) is 11.4 Å². The first kappa shape index (κ1) is 9.04. The molecule has 2 heteroatoms. The lowest BCUT2D eigenvalue weighted by Gasteiger charge is -2.20. The highest BCUT2D eigenvalue weighted by Crippen LogP contribution is 2.26. The first-order valence-corrected chi connectivity index (χ1v) is 5.15. The maximum atomic E-state index is 8.15. The quantitative estimate of drug-likeness (QED) is 0.568. The molecule has 3 rings (SSSR count). The summed E-state index contributed by atoms with van der Waals surface area (Å²) in [6.45, 7) is 0. The summed E-state index contributed by atoms with van der Waals surface area (Å²) in [5.74, 6) is 0. The molecule has 0 spiro atoms. The van der Waals surface area contributed by atoms with Crippen LogP contribution in [0.5, 0.6) is 0 Å². The van der Waals surface area contributed by atoms with Crippen molar-refractivity contribution in [2.24, 2.45) is 0 Å². The van der Waals surface area contributed by atoms with Crippen molar-refractivity contribution >= 4 is 11.4 Å². The zero-order valence-electron chi connectivity index (χ0n) is 8.62. The standard InChI is InChI=1S/C14H10N2/c15-13-9-5-1-2-6-10(9)14(16)12-8-4-3-7-11(12)13/h1-8,15-16H. The fourth-order valence-electron chi connectivity index (χ4n) is 2.13. The maximum Gasteiger partial charge on any atom is 0.0698 e. The van der Waals surface area contributed by atoms with Crippen molar-refractivity contribution < 1.29 is 0 Å². The van der Waals surface area contributed by atoms with Gasteiger partial charge in [-0.05, 0) is 0 Å². The van der Waals surface area contributed by atoms with Crippen molar-refractivity contribution in [3.8, 4) is 0 Å². The molecule has 0 saturated carbocycles. The van der Waals surface area contributed by atoms with Crippen LogP contribution in [0.15, 0.2) is 48.5 Å². The van der Waals surface area contributed by atoms with Crippen molar-refractivity contribution in [1.82, 2.24) is 0 Å². The molecular formula is C14H10N2. The first-order chi connectivity index (χ1) is 7.79. The van der Waals surface area contributed by atoms with Crippen LogP contribution < -0.4 is 0 Å². The molecule has 2 nitrogen and oxygen atoms in total. The van der Waals surface area contributed by atoms with Gasteiger partial charge in [-0.1, -0.05) is 48.5 Å². The number of nitrogens with one attached hydrogen (secondary N) is 2. The molecule has 0 unspecified atom stereocenters. The van der Waals surface area contributed by atoms with Crippen molar-refractivity contribution in [2.45, 2.75) is 0 Å². The topological polar surface area (TPSA) is 47.7 Å². The SMILES string of the molecule is N=C1c2ccccc2C(=N)c2ccccc21. The van der Waals surface area contributed by atoms with Gasteiger partial charge < -0.3 is 0 Å². The molecule has 76 valence electrons. The Bertz CT molecular complexity index is 506. The van der Waals surface area contributed by atoms with E-state index in [1.54, 1.807) is 0 Å². The number of benzene rings is 2. The van der Waals surface area contributed by atoms with Gasteiger partial charge >= 0.3 is 0 Å².